The number of morpholine rings is 1. The van der Waals surface area contributed by atoms with E-state index in [-0.39, 0.29) is 30.8 Å². The molecule has 2 amide bonds. The van der Waals surface area contributed by atoms with Gasteiger partial charge in [0.2, 0.25) is 5.91 Å². The van der Waals surface area contributed by atoms with Crippen LogP contribution in [0.5, 0.6) is 0 Å². The Balaban J connectivity index is 1.06. The van der Waals surface area contributed by atoms with Gasteiger partial charge in [-0.2, -0.15) is 5.10 Å². The molecule has 4 heterocycles. The van der Waals surface area contributed by atoms with Crippen LogP contribution in [0.15, 0.2) is 60.8 Å². The fourth-order valence-electron chi connectivity index (χ4n) is 7.68. The van der Waals surface area contributed by atoms with Gasteiger partial charge >= 0.3 is 0 Å². The number of hydrogen-bond acceptors (Lipinski definition) is 6. The van der Waals surface area contributed by atoms with E-state index < -0.39 is 17.6 Å². The molecule has 10 heteroatoms. The second kappa shape index (κ2) is 11.3. The highest BCUT2D eigenvalue weighted by Crippen LogP contribution is 2.42. The summed E-state index contributed by atoms with van der Waals surface area (Å²) in [6.07, 6.45) is 4.97. The third kappa shape index (κ3) is 5.38. The van der Waals surface area contributed by atoms with Gasteiger partial charge in [0, 0.05) is 42.7 Å². The van der Waals surface area contributed by atoms with E-state index in [0.717, 1.165) is 76.6 Å². The average Bonchev–Trinajstić information content (AvgIpc) is 3.43. The molecule has 1 saturated carbocycles. The maximum atomic E-state index is 14.9. The molecule has 0 spiro atoms. The summed E-state index contributed by atoms with van der Waals surface area (Å²) in [5.74, 6) is -0.422. The van der Waals surface area contributed by atoms with E-state index in [4.69, 9.17) is 4.74 Å². The number of aryl methyl sites for hydroxylation is 3. The second-order valence-corrected chi connectivity index (χ2v) is 13.6. The van der Waals surface area contributed by atoms with Crippen LogP contribution in [-0.4, -0.2) is 63.6 Å². The van der Waals surface area contributed by atoms with Crippen molar-refractivity contribution in [3.63, 3.8) is 0 Å². The third-order valence-corrected chi connectivity index (χ3v) is 10.6. The van der Waals surface area contributed by atoms with E-state index in [0.29, 0.717) is 18.2 Å². The van der Waals surface area contributed by atoms with Gasteiger partial charge in [-0.3, -0.25) is 14.3 Å². The Bertz CT molecular complexity index is 1880. The highest BCUT2D eigenvalue weighted by Gasteiger charge is 2.52. The lowest BCUT2D eigenvalue weighted by molar-refractivity contribution is -0.131. The minimum Gasteiger partial charge on any atom is -0.374 e. The Morgan fingerprint density at radius 3 is 2.49 bits per heavy atom. The lowest BCUT2D eigenvalue weighted by Gasteiger charge is -2.28. The smallest absolute Gasteiger partial charge is 0.258 e. The fourth-order valence-corrected chi connectivity index (χ4v) is 7.68. The molecule has 3 fully saturated rings. The Kier molecular flexibility index (Phi) is 7.16. The molecule has 2 aromatic carbocycles. The molecule has 0 radical (unpaired) electrons. The first-order valence-electron chi connectivity index (χ1n) is 16.6. The number of halogens is 1. The molecule has 2 aliphatic carbocycles. The Labute approximate surface area is 273 Å². The van der Waals surface area contributed by atoms with Crippen molar-refractivity contribution in [3.8, 4) is 22.3 Å². The predicted octanol–water partition coefficient (Wildman–Crippen LogP) is 5.40. The number of anilines is 2. The van der Waals surface area contributed by atoms with Crippen LogP contribution in [0.2, 0.25) is 0 Å². The van der Waals surface area contributed by atoms with Crippen molar-refractivity contribution in [2.24, 2.45) is 7.05 Å². The van der Waals surface area contributed by atoms with Crippen molar-refractivity contribution < 1.29 is 18.7 Å². The summed E-state index contributed by atoms with van der Waals surface area (Å²) in [4.78, 5) is 34.0. The average molecular weight is 635 g/mol. The summed E-state index contributed by atoms with van der Waals surface area (Å²) >= 11 is 0. The van der Waals surface area contributed by atoms with Gasteiger partial charge in [-0.15, -0.1) is 0 Å². The Morgan fingerprint density at radius 1 is 1.04 bits per heavy atom. The first kappa shape index (κ1) is 29.8. The van der Waals surface area contributed by atoms with E-state index in [9.17, 15) is 14.0 Å². The molecule has 2 aromatic heterocycles. The van der Waals surface area contributed by atoms with Crippen molar-refractivity contribution in [2.75, 3.05) is 23.4 Å². The van der Waals surface area contributed by atoms with Crippen molar-refractivity contribution in [3.05, 3.63) is 83.3 Å². The number of pyridine rings is 1. The molecular weight excluding hydrogens is 595 g/mol. The number of amides is 2. The van der Waals surface area contributed by atoms with Crippen LogP contribution < -0.4 is 15.5 Å². The van der Waals surface area contributed by atoms with Gasteiger partial charge in [-0.25, -0.2) is 9.37 Å². The van der Waals surface area contributed by atoms with Crippen molar-refractivity contribution in [1.29, 1.82) is 0 Å². The number of carbonyl (C=O) groups is 2. The minimum atomic E-state index is -1.89. The van der Waals surface area contributed by atoms with Gasteiger partial charge in [-0.1, -0.05) is 30.3 Å². The van der Waals surface area contributed by atoms with Crippen LogP contribution in [0.3, 0.4) is 0 Å². The zero-order valence-corrected chi connectivity index (χ0v) is 26.9. The molecule has 9 nitrogen and oxygen atoms in total. The molecule has 4 atom stereocenters. The second-order valence-electron chi connectivity index (χ2n) is 13.6. The number of rotatable bonds is 8. The molecule has 8 rings (SSSR count). The largest absolute Gasteiger partial charge is 0.374 e. The number of alkyl halides is 1. The Hall–Kier alpha value is -4.57. The van der Waals surface area contributed by atoms with Crippen LogP contribution in [0.4, 0.5) is 15.9 Å². The summed E-state index contributed by atoms with van der Waals surface area (Å²) in [6, 6.07) is 17.6. The molecule has 4 aromatic rings. The number of nitrogens with one attached hydrogen (secondary N) is 2. The van der Waals surface area contributed by atoms with Crippen LogP contribution in [0, 0.1) is 13.8 Å². The molecule has 4 aliphatic rings. The zero-order chi connectivity index (χ0) is 32.4. The highest BCUT2D eigenvalue weighted by atomic mass is 19.1. The highest BCUT2D eigenvalue weighted by molar-refractivity contribution is 6.00. The molecule has 2 N–H and O–H groups in total. The van der Waals surface area contributed by atoms with Crippen LogP contribution >= 0.6 is 0 Å². The van der Waals surface area contributed by atoms with Crippen LogP contribution in [0.1, 0.15) is 54.1 Å². The number of nitrogens with zero attached hydrogens (tertiary/aromatic N) is 4. The van der Waals surface area contributed by atoms with Crippen molar-refractivity contribution in [1.82, 2.24) is 20.1 Å². The van der Waals surface area contributed by atoms with Crippen LogP contribution in [-0.2, 0) is 27.8 Å². The summed E-state index contributed by atoms with van der Waals surface area (Å²) in [7, 11) is 1.92. The molecule has 47 heavy (non-hydrogen) atoms. The van der Waals surface area contributed by atoms with Gasteiger partial charge in [0.1, 0.15) is 11.9 Å². The van der Waals surface area contributed by atoms with Gasteiger partial charge in [0.25, 0.3) is 5.91 Å². The number of ether oxygens (including phenoxy) is 1. The zero-order valence-electron chi connectivity index (χ0n) is 26.9. The summed E-state index contributed by atoms with van der Waals surface area (Å²) in [6.45, 7) is 5.60. The molecule has 2 aliphatic heterocycles. The predicted molar refractivity (Wildman–Crippen MR) is 178 cm³/mol. The summed E-state index contributed by atoms with van der Waals surface area (Å²) in [5, 5.41) is 10.4. The lowest BCUT2D eigenvalue weighted by Crippen LogP contribution is -2.50. The maximum Gasteiger partial charge on any atom is 0.258 e. The van der Waals surface area contributed by atoms with Gasteiger partial charge in [0.05, 0.1) is 24.4 Å². The topological polar surface area (TPSA) is 101 Å². The molecule has 2 bridgehead atoms. The molecular formula is C37H39FN6O3. The first-order valence-corrected chi connectivity index (χ1v) is 16.6. The molecule has 242 valence electrons. The quantitative estimate of drug-likeness (QED) is 0.269. The number of fused-ring (bicyclic) bond motifs is 3. The fraction of sp³-hybridized carbons (Fsp3) is 0.405. The molecule has 1 unspecified atom stereocenters. The van der Waals surface area contributed by atoms with E-state index in [1.165, 1.54) is 0 Å². The van der Waals surface area contributed by atoms with E-state index in [2.05, 4.69) is 49.9 Å². The Morgan fingerprint density at radius 2 is 1.81 bits per heavy atom. The minimum absolute atomic E-state index is 0.183. The number of benzene rings is 2. The standard InChI is InChI=1S/C37H39FN6O3/c1-21-33(22(2)43(3)42-21)24-6-9-27(10-7-24)40-35(45)34(41-36(46)37(38)13-14-37)30-11-8-23-4-5-25(16-31(23)30)26-12-15-39-32(17-26)44-19-29-18-28(44)20-47-29/h4-7,9-10,12,15-17,28-30,34H,8,11,13-14,18-20H2,1-3H3,(H,40,45)(H,41,46)/t28-,29-,30+,34?/m0/s1. The summed E-state index contributed by atoms with van der Waals surface area (Å²) < 4.78 is 22.6. The van der Waals surface area contributed by atoms with Gasteiger partial charge < -0.3 is 20.3 Å². The normalized spacial score (nSPS) is 22.6. The van der Waals surface area contributed by atoms with E-state index >= 15 is 0 Å². The monoisotopic (exact) mass is 634 g/mol. The maximum absolute atomic E-state index is 14.9. The number of hydrogen-bond donors (Lipinski definition) is 2. The third-order valence-electron chi connectivity index (χ3n) is 10.6. The number of aromatic nitrogens is 3. The first-order chi connectivity index (χ1) is 22.7. The molecule has 2 saturated heterocycles. The van der Waals surface area contributed by atoms with Crippen LogP contribution in [0.25, 0.3) is 22.3 Å². The van der Waals surface area contributed by atoms with Gasteiger partial charge in [-0.05, 0) is 98.0 Å². The SMILES string of the molecule is Cc1nn(C)c(C)c1-c1ccc(NC(=O)C(NC(=O)C2(F)CC2)[C@@H]2CCc3ccc(-c4ccnc(N5C[C@@H]6C[C@H]5CO6)c4)cc32)cc1. The van der Waals surface area contributed by atoms with Crippen molar-refractivity contribution in [2.45, 2.75) is 75.7 Å². The lowest BCUT2D eigenvalue weighted by atomic mass is 9.90. The van der Waals surface area contributed by atoms with Gasteiger partial charge in [0.15, 0.2) is 5.67 Å². The summed E-state index contributed by atoms with van der Waals surface area (Å²) in [5.41, 5.74) is 6.99. The van der Waals surface area contributed by atoms with Crippen molar-refractivity contribution >= 4 is 23.3 Å². The number of carbonyl (C=O) groups excluding carboxylic acids is 2. The van der Waals surface area contributed by atoms with E-state index in [1.807, 2.05) is 62.1 Å². The van der Waals surface area contributed by atoms with E-state index in [1.54, 1.807) is 0 Å².